The Kier molecular flexibility index (Phi) is 7.30. The molecule has 4 heterocycles. The van der Waals surface area contributed by atoms with E-state index in [9.17, 15) is 9.59 Å². The molecular formula is C33H29F2N3O4S. The number of benzene rings is 3. The molecule has 0 aliphatic carbocycles. The molecule has 3 aromatic carbocycles. The third-order valence-corrected chi connectivity index (χ3v) is 9.27. The molecule has 0 saturated heterocycles. The molecule has 43 heavy (non-hydrogen) atoms. The summed E-state index contributed by atoms with van der Waals surface area (Å²) in [5, 5.41) is 1.93. The summed E-state index contributed by atoms with van der Waals surface area (Å²) in [4.78, 5) is 30.0. The number of carbonyl (C=O) groups excluding carboxylic acids is 1. The van der Waals surface area contributed by atoms with E-state index < -0.39 is 23.1 Å². The molecule has 0 unspecified atom stereocenters. The molecule has 220 valence electrons. The number of fused-ring (bicyclic) bond motifs is 7. The molecule has 0 spiro atoms. The predicted molar refractivity (Wildman–Crippen MR) is 159 cm³/mol. The van der Waals surface area contributed by atoms with Gasteiger partial charge in [-0.15, -0.1) is 11.8 Å². The highest BCUT2D eigenvalue weighted by Crippen LogP contribution is 2.47. The Morgan fingerprint density at radius 3 is 2.65 bits per heavy atom. The first-order chi connectivity index (χ1) is 21.0. The Hall–Kier alpha value is -4.31. The molecule has 0 fully saturated rings. The van der Waals surface area contributed by atoms with Gasteiger partial charge in [0.25, 0.3) is 5.91 Å². The highest BCUT2D eigenvalue weighted by molar-refractivity contribution is 7.98. The van der Waals surface area contributed by atoms with Crippen molar-refractivity contribution in [2.24, 2.45) is 0 Å². The summed E-state index contributed by atoms with van der Waals surface area (Å²) in [6.07, 6.45) is 3.75. The maximum Gasteiger partial charge on any atom is 0.277 e. The predicted octanol–water partition coefficient (Wildman–Crippen LogP) is 6.01. The lowest BCUT2D eigenvalue weighted by molar-refractivity contribution is 0.0670. The molecule has 2 bridgehead atoms. The Balaban J connectivity index is 1.46. The fraction of sp³-hybridized carbons (Fsp3) is 0.273. The number of hydrogen-bond acceptors (Lipinski definition) is 6. The van der Waals surface area contributed by atoms with Crippen LogP contribution in [0.25, 0.3) is 0 Å². The van der Waals surface area contributed by atoms with Crippen LogP contribution >= 0.6 is 11.8 Å². The lowest BCUT2D eigenvalue weighted by Gasteiger charge is -2.45. The molecule has 7 rings (SSSR count). The van der Waals surface area contributed by atoms with E-state index in [0.29, 0.717) is 31.6 Å². The normalized spacial score (nSPS) is 17.8. The number of carbonyl (C=O) groups is 1. The van der Waals surface area contributed by atoms with Gasteiger partial charge in [0.1, 0.15) is 25.1 Å². The molecule has 4 aromatic rings. The lowest BCUT2D eigenvalue weighted by Crippen LogP contribution is -2.56. The fourth-order valence-corrected chi connectivity index (χ4v) is 7.17. The Morgan fingerprint density at radius 1 is 0.977 bits per heavy atom. The van der Waals surface area contributed by atoms with Gasteiger partial charge in [0.2, 0.25) is 5.43 Å². The van der Waals surface area contributed by atoms with E-state index in [1.807, 2.05) is 59.6 Å². The lowest BCUT2D eigenvalue weighted by atomic mass is 9.92. The molecule has 3 aliphatic heterocycles. The second kappa shape index (κ2) is 11.4. The van der Waals surface area contributed by atoms with Gasteiger partial charge in [0, 0.05) is 46.6 Å². The van der Waals surface area contributed by atoms with Crippen LogP contribution in [0.4, 0.5) is 8.78 Å². The highest BCUT2D eigenvalue weighted by Gasteiger charge is 2.41. The number of aromatic nitrogens is 1. The number of thioether (sulfide) groups is 1. The maximum absolute atomic E-state index is 15.6. The van der Waals surface area contributed by atoms with E-state index in [1.54, 1.807) is 15.8 Å². The Labute approximate surface area is 251 Å². The zero-order chi connectivity index (χ0) is 29.5. The van der Waals surface area contributed by atoms with Crippen LogP contribution in [0, 0.1) is 11.6 Å². The minimum absolute atomic E-state index is 0.0450. The second-order valence-electron chi connectivity index (χ2n) is 10.8. The number of amides is 1. The molecule has 0 N–H and O–H groups in total. The molecule has 0 saturated carbocycles. The quantitative estimate of drug-likeness (QED) is 0.287. The van der Waals surface area contributed by atoms with E-state index in [4.69, 9.17) is 9.47 Å². The number of nitrogens with zero attached hydrogens (tertiary/aromatic N) is 3. The zero-order valence-electron chi connectivity index (χ0n) is 23.3. The van der Waals surface area contributed by atoms with Crippen molar-refractivity contribution >= 4 is 17.7 Å². The van der Waals surface area contributed by atoms with E-state index in [2.05, 4.69) is 0 Å². The van der Waals surface area contributed by atoms with Gasteiger partial charge in [-0.05, 0) is 36.5 Å². The van der Waals surface area contributed by atoms with Gasteiger partial charge in [-0.3, -0.25) is 19.3 Å². The largest absolute Gasteiger partial charge is 0.493 e. The van der Waals surface area contributed by atoms with Gasteiger partial charge in [-0.2, -0.15) is 0 Å². The van der Waals surface area contributed by atoms with Gasteiger partial charge in [0.15, 0.2) is 23.1 Å². The minimum atomic E-state index is -0.956. The van der Waals surface area contributed by atoms with Crippen LogP contribution in [0.2, 0.25) is 0 Å². The monoisotopic (exact) mass is 601 g/mol. The molecule has 1 atom stereocenters. The third-order valence-electron chi connectivity index (χ3n) is 8.15. The van der Waals surface area contributed by atoms with Crippen LogP contribution in [-0.2, 0) is 12.4 Å². The van der Waals surface area contributed by atoms with Gasteiger partial charge in [-0.25, -0.2) is 8.78 Å². The summed E-state index contributed by atoms with van der Waals surface area (Å²) in [6.45, 7) is 1.06. The summed E-state index contributed by atoms with van der Waals surface area (Å²) >= 11 is 1.43. The molecule has 7 nitrogen and oxygen atoms in total. The Bertz CT molecular complexity index is 1760. The first-order valence-corrected chi connectivity index (χ1v) is 15.3. The van der Waals surface area contributed by atoms with Crippen LogP contribution in [0.1, 0.15) is 58.0 Å². The molecule has 3 aliphatic rings. The number of hydrogen-bond donors (Lipinski definition) is 0. The molecule has 1 aromatic heterocycles. The second-order valence-corrected chi connectivity index (χ2v) is 11.8. The first-order valence-electron chi connectivity index (χ1n) is 14.3. The molecule has 1 amide bonds. The van der Waals surface area contributed by atoms with Gasteiger partial charge in [-0.1, -0.05) is 48.5 Å². The summed E-state index contributed by atoms with van der Waals surface area (Å²) in [7, 11) is 0. The Morgan fingerprint density at radius 2 is 1.79 bits per heavy atom. The SMILES string of the molecule is O=C1c2c(OCc3ccccc3)c(=O)ccn2N2CN1CCCCCOc1cc(F)c(F)c3c1[C@@H]2c1ccccc1SC3. The fourth-order valence-electron chi connectivity index (χ4n) is 6.07. The van der Waals surface area contributed by atoms with Crippen molar-refractivity contribution in [3.05, 3.63) is 123 Å². The summed E-state index contributed by atoms with van der Waals surface area (Å²) in [5.74, 6) is -1.73. The van der Waals surface area contributed by atoms with Gasteiger partial charge < -0.3 is 14.4 Å². The van der Waals surface area contributed by atoms with Crippen molar-refractivity contribution in [2.45, 2.75) is 42.6 Å². The maximum atomic E-state index is 15.6. The van der Waals surface area contributed by atoms with Crippen molar-refractivity contribution in [3.63, 3.8) is 0 Å². The smallest absolute Gasteiger partial charge is 0.277 e. The standard InChI is InChI=1S/C33H29F2N3O4S/c34-24-17-26-28-23(29(24)35)19-43-27-12-6-5-11-22(27)30(28)38-20-36(14-7-2-8-16-41-26)33(40)31-32(25(39)13-15-37(31)38)42-18-21-9-3-1-4-10-21/h1,3-6,9-13,15,17,30H,2,7-8,14,16,18-20H2/t30-/m0/s1. The third kappa shape index (κ3) is 4.93. The minimum Gasteiger partial charge on any atom is -0.493 e. The number of rotatable bonds is 3. The van der Waals surface area contributed by atoms with Crippen LogP contribution in [-0.4, -0.2) is 35.3 Å². The summed E-state index contributed by atoms with van der Waals surface area (Å²) in [5.41, 5.74) is 2.16. The number of halogens is 2. The molecular weight excluding hydrogens is 572 g/mol. The van der Waals surface area contributed by atoms with Gasteiger partial charge in [0.05, 0.1) is 6.61 Å². The van der Waals surface area contributed by atoms with Gasteiger partial charge >= 0.3 is 0 Å². The topological polar surface area (TPSA) is 64.0 Å². The highest BCUT2D eigenvalue weighted by atomic mass is 32.2. The van der Waals surface area contributed by atoms with E-state index in [0.717, 1.165) is 28.5 Å². The average Bonchev–Trinajstić information content (AvgIpc) is 3.19. The van der Waals surface area contributed by atoms with Crippen molar-refractivity contribution < 1.29 is 23.0 Å². The van der Waals surface area contributed by atoms with Crippen molar-refractivity contribution in [2.75, 3.05) is 24.8 Å². The van der Waals surface area contributed by atoms with E-state index in [1.165, 1.54) is 17.8 Å². The first kappa shape index (κ1) is 27.5. The summed E-state index contributed by atoms with van der Waals surface area (Å²) in [6, 6.07) is 19.0. The zero-order valence-corrected chi connectivity index (χ0v) is 24.1. The van der Waals surface area contributed by atoms with Crippen LogP contribution < -0.4 is 19.9 Å². The van der Waals surface area contributed by atoms with E-state index >= 15 is 8.78 Å². The van der Waals surface area contributed by atoms with Crippen molar-refractivity contribution in [1.29, 1.82) is 0 Å². The molecule has 10 heteroatoms. The van der Waals surface area contributed by atoms with Crippen LogP contribution in [0.5, 0.6) is 11.5 Å². The van der Waals surface area contributed by atoms with Crippen molar-refractivity contribution in [1.82, 2.24) is 9.58 Å². The van der Waals surface area contributed by atoms with Crippen LogP contribution in [0.3, 0.4) is 0 Å². The number of pyridine rings is 1. The number of ether oxygens (including phenoxy) is 2. The summed E-state index contributed by atoms with van der Waals surface area (Å²) < 4.78 is 44.6. The molecule has 0 radical (unpaired) electrons. The van der Waals surface area contributed by atoms with Crippen molar-refractivity contribution in [3.8, 4) is 11.5 Å². The van der Waals surface area contributed by atoms with Crippen LogP contribution in [0.15, 0.2) is 82.6 Å². The van der Waals surface area contributed by atoms with E-state index in [-0.39, 0.29) is 47.7 Å². The average molecular weight is 602 g/mol.